The minimum absolute atomic E-state index is 0.109. The maximum absolute atomic E-state index is 16.0. The molecule has 3 aromatic rings. The van der Waals surface area contributed by atoms with Crippen molar-refractivity contribution in [2.24, 2.45) is 5.92 Å². The van der Waals surface area contributed by atoms with Crippen molar-refractivity contribution < 1.29 is 23.0 Å². The number of amides is 1. The molecule has 2 saturated heterocycles. The molecule has 9 heteroatoms. The summed E-state index contributed by atoms with van der Waals surface area (Å²) in [6, 6.07) is 16.2. The smallest absolute Gasteiger partial charge is 0.220 e. The highest BCUT2D eigenvalue weighted by molar-refractivity contribution is 6.32. The third kappa shape index (κ3) is 9.24. The van der Waals surface area contributed by atoms with E-state index in [-0.39, 0.29) is 18.4 Å². The van der Waals surface area contributed by atoms with Gasteiger partial charge in [0.05, 0.1) is 11.6 Å². The molecule has 0 saturated carbocycles. The van der Waals surface area contributed by atoms with Gasteiger partial charge in [-0.05, 0) is 109 Å². The summed E-state index contributed by atoms with van der Waals surface area (Å²) in [5.74, 6) is 1.90. The van der Waals surface area contributed by atoms with Crippen LogP contribution in [0, 0.1) is 12.8 Å². The molecule has 6 nitrogen and oxygen atoms in total. The van der Waals surface area contributed by atoms with Gasteiger partial charge in [-0.15, -0.1) is 0 Å². The second-order valence-electron chi connectivity index (χ2n) is 15.2. The molecule has 0 radical (unpaired) electrons. The van der Waals surface area contributed by atoms with Crippen LogP contribution in [-0.4, -0.2) is 61.5 Å². The zero-order valence-electron chi connectivity index (χ0n) is 30.6. The van der Waals surface area contributed by atoms with E-state index >= 15 is 4.39 Å². The number of carbonyl (C=O) groups is 1. The molecular weight excluding hydrogens is 668 g/mol. The number of nitrogens with one attached hydrogen (secondary N) is 2. The molecule has 1 aliphatic carbocycles. The van der Waals surface area contributed by atoms with Crippen molar-refractivity contribution in [1.29, 1.82) is 0 Å². The molecule has 2 heterocycles. The van der Waals surface area contributed by atoms with E-state index in [0.717, 1.165) is 90.0 Å². The molecule has 51 heavy (non-hydrogen) atoms. The quantitative estimate of drug-likeness (QED) is 0.154. The molecular formula is C42H54ClF2N3O3. The molecule has 0 spiro atoms. The van der Waals surface area contributed by atoms with Gasteiger partial charge in [-0.1, -0.05) is 62.2 Å². The maximum atomic E-state index is 16.0. The van der Waals surface area contributed by atoms with Crippen LogP contribution in [0.4, 0.5) is 8.78 Å². The first-order valence-electron chi connectivity index (χ1n) is 18.9. The SMILES string of the molecule is CCC(C)Cc1cc(O[C@@H]2c3cccc(-c4cccc(OCCCN5CCC(C)(F)CC5)c4C)c3C[C@@H]2F)c(Cl)cc1CNCC1CCC(=O)N1. The molecule has 2 unspecified atom stereocenters. The summed E-state index contributed by atoms with van der Waals surface area (Å²) in [6.07, 6.45) is 3.63. The van der Waals surface area contributed by atoms with Crippen molar-refractivity contribution in [1.82, 2.24) is 15.5 Å². The minimum Gasteiger partial charge on any atom is -0.493 e. The van der Waals surface area contributed by atoms with E-state index < -0.39 is 17.9 Å². The molecule has 276 valence electrons. The normalized spacial score (nSPS) is 22.1. The van der Waals surface area contributed by atoms with E-state index in [4.69, 9.17) is 21.1 Å². The number of hydrogen-bond acceptors (Lipinski definition) is 5. The van der Waals surface area contributed by atoms with Crippen LogP contribution >= 0.6 is 11.6 Å². The third-order valence-corrected chi connectivity index (χ3v) is 11.5. The van der Waals surface area contributed by atoms with Gasteiger partial charge in [0.1, 0.15) is 23.3 Å². The van der Waals surface area contributed by atoms with E-state index in [1.807, 2.05) is 36.4 Å². The lowest BCUT2D eigenvalue weighted by Crippen LogP contribution is -2.40. The Morgan fingerprint density at radius 2 is 1.86 bits per heavy atom. The summed E-state index contributed by atoms with van der Waals surface area (Å²) in [4.78, 5) is 13.9. The van der Waals surface area contributed by atoms with Crippen LogP contribution in [0.2, 0.25) is 5.02 Å². The predicted octanol–water partition coefficient (Wildman–Crippen LogP) is 8.88. The lowest BCUT2D eigenvalue weighted by atomic mass is 9.93. The van der Waals surface area contributed by atoms with Crippen molar-refractivity contribution in [3.05, 3.63) is 81.4 Å². The van der Waals surface area contributed by atoms with Crippen molar-refractivity contribution >= 4 is 17.5 Å². The lowest BCUT2D eigenvalue weighted by Gasteiger charge is -2.34. The summed E-state index contributed by atoms with van der Waals surface area (Å²) < 4.78 is 42.9. The second kappa shape index (κ2) is 16.6. The molecule has 2 fully saturated rings. The number of piperidine rings is 1. The average molecular weight is 722 g/mol. The number of benzene rings is 3. The van der Waals surface area contributed by atoms with Gasteiger partial charge in [0.25, 0.3) is 0 Å². The number of alkyl halides is 2. The van der Waals surface area contributed by atoms with Gasteiger partial charge in [0, 0.05) is 51.6 Å². The van der Waals surface area contributed by atoms with Gasteiger partial charge in [0.15, 0.2) is 6.10 Å². The van der Waals surface area contributed by atoms with E-state index in [0.29, 0.717) is 55.6 Å². The van der Waals surface area contributed by atoms with Crippen LogP contribution in [0.1, 0.15) is 93.2 Å². The van der Waals surface area contributed by atoms with Crippen LogP contribution < -0.4 is 20.1 Å². The molecule has 2 N–H and O–H groups in total. The Hall–Kier alpha value is -3.20. The molecule has 3 aromatic carbocycles. The molecule has 0 aromatic heterocycles. The summed E-state index contributed by atoms with van der Waals surface area (Å²) in [5.41, 5.74) is 6.04. The van der Waals surface area contributed by atoms with E-state index in [2.05, 4.69) is 48.4 Å². The first-order valence-corrected chi connectivity index (χ1v) is 19.3. The van der Waals surface area contributed by atoms with Gasteiger partial charge in [-0.2, -0.15) is 0 Å². The molecule has 6 rings (SSSR count). The summed E-state index contributed by atoms with van der Waals surface area (Å²) in [7, 11) is 0. The number of ether oxygens (including phenoxy) is 2. The Balaban J connectivity index is 1.15. The fourth-order valence-electron chi connectivity index (χ4n) is 7.71. The maximum Gasteiger partial charge on any atom is 0.220 e. The van der Waals surface area contributed by atoms with Gasteiger partial charge < -0.3 is 25.0 Å². The van der Waals surface area contributed by atoms with Crippen molar-refractivity contribution in [3.8, 4) is 22.6 Å². The number of halogens is 3. The van der Waals surface area contributed by atoms with Crippen LogP contribution in [-0.2, 0) is 24.2 Å². The van der Waals surface area contributed by atoms with Crippen molar-refractivity contribution in [2.75, 3.05) is 32.8 Å². The topological polar surface area (TPSA) is 62.8 Å². The zero-order chi connectivity index (χ0) is 36.1. The summed E-state index contributed by atoms with van der Waals surface area (Å²) in [6.45, 7) is 12.6. The number of fused-ring (bicyclic) bond motifs is 1. The molecule has 4 atom stereocenters. The van der Waals surface area contributed by atoms with Crippen LogP contribution in [0.25, 0.3) is 11.1 Å². The van der Waals surface area contributed by atoms with E-state index in [1.54, 1.807) is 6.92 Å². The Bertz CT molecular complexity index is 1670. The van der Waals surface area contributed by atoms with Gasteiger partial charge in [-0.25, -0.2) is 8.78 Å². The Morgan fingerprint density at radius 3 is 2.61 bits per heavy atom. The largest absolute Gasteiger partial charge is 0.493 e. The third-order valence-electron chi connectivity index (χ3n) is 11.2. The first-order chi connectivity index (χ1) is 24.5. The summed E-state index contributed by atoms with van der Waals surface area (Å²) in [5, 5.41) is 6.98. The number of carbonyl (C=O) groups excluding carboxylic acids is 1. The van der Waals surface area contributed by atoms with Crippen LogP contribution in [0.15, 0.2) is 48.5 Å². The first kappa shape index (κ1) is 37.6. The van der Waals surface area contributed by atoms with Gasteiger partial charge >= 0.3 is 0 Å². The second-order valence-corrected chi connectivity index (χ2v) is 15.6. The monoisotopic (exact) mass is 721 g/mol. The van der Waals surface area contributed by atoms with Crippen molar-refractivity contribution in [3.63, 3.8) is 0 Å². The highest BCUT2D eigenvalue weighted by Crippen LogP contribution is 2.44. The number of nitrogens with zero attached hydrogens (tertiary/aromatic N) is 1. The number of likely N-dealkylation sites (tertiary alicyclic amines) is 1. The standard InChI is InChI=1S/C42H54ClF2N3O3/c1-5-27(2)21-29-23-39(36(43)22-30(29)25-46-26-31-13-14-40(49)47-31)51-41-34-11-6-10-33(35(34)24-37(41)44)32-9-7-12-38(28(32)3)50-20-8-17-48-18-15-42(4,45)16-19-48/h6-7,9-12,22-23,27,31,37,41,46H,5,8,13-21,24-26H2,1-4H3,(H,47,49)/t27?,31?,37-,41+/m0/s1. The minimum atomic E-state index is -1.22. The predicted molar refractivity (Wildman–Crippen MR) is 201 cm³/mol. The van der Waals surface area contributed by atoms with E-state index in [1.165, 1.54) is 0 Å². The highest BCUT2D eigenvalue weighted by Gasteiger charge is 2.37. The molecule has 1 amide bonds. The highest BCUT2D eigenvalue weighted by atomic mass is 35.5. The van der Waals surface area contributed by atoms with E-state index in [9.17, 15) is 9.18 Å². The lowest BCUT2D eigenvalue weighted by molar-refractivity contribution is -0.119. The Labute approximate surface area is 307 Å². The Kier molecular flexibility index (Phi) is 12.3. The number of rotatable bonds is 15. The summed E-state index contributed by atoms with van der Waals surface area (Å²) >= 11 is 6.86. The van der Waals surface area contributed by atoms with Crippen LogP contribution in [0.5, 0.6) is 11.5 Å². The molecule has 2 aliphatic heterocycles. The van der Waals surface area contributed by atoms with Crippen molar-refractivity contribution in [2.45, 2.75) is 110 Å². The molecule has 3 aliphatic rings. The number of hydrogen-bond donors (Lipinski definition) is 2. The zero-order valence-corrected chi connectivity index (χ0v) is 31.4. The van der Waals surface area contributed by atoms with Crippen LogP contribution in [0.3, 0.4) is 0 Å². The average Bonchev–Trinajstić information content (AvgIpc) is 3.67. The fraction of sp³-hybridized carbons (Fsp3) is 0.548. The Morgan fingerprint density at radius 1 is 1.10 bits per heavy atom. The molecule has 0 bridgehead atoms. The van der Waals surface area contributed by atoms with Gasteiger partial charge in [0.2, 0.25) is 5.91 Å². The van der Waals surface area contributed by atoms with Gasteiger partial charge in [-0.3, -0.25) is 4.79 Å². The fourth-order valence-corrected chi connectivity index (χ4v) is 7.94.